The van der Waals surface area contributed by atoms with E-state index in [9.17, 15) is 10.1 Å². The molecule has 0 radical (unpaired) electrons. The number of aromatic nitrogens is 3. The van der Waals surface area contributed by atoms with Gasteiger partial charge in [0.2, 0.25) is 0 Å². The Morgan fingerprint density at radius 3 is 3.17 bits per heavy atom. The lowest BCUT2D eigenvalue weighted by molar-refractivity contribution is -0.121. The maximum absolute atomic E-state index is 11.5. The fourth-order valence-electron chi connectivity index (χ4n) is 2.77. The van der Waals surface area contributed by atoms with Crippen LogP contribution < -0.4 is 10.7 Å². The highest BCUT2D eigenvalue weighted by Gasteiger charge is 2.28. The van der Waals surface area contributed by atoms with Crippen molar-refractivity contribution in [1.82, 2.24) is 25.4 Å². The number of piperidine rings is 1. The third kappa shape index (κ3) is 3.30. The molecule has 3 heterocycles. The van der Waals surface area contributed by atoms with E-state index in [0.29, 0.717) is 19.5 Å². The van der Waals surface area contributed by atoms with E-state index in [1.165, 1.54) is 12.4 Å². The zero-order valence-electron chi connectivity index (χ0n) is 12.5. The van der Waals surface area contributed by atoms with Crippen LogP contribution in [0.3, 0.4) is 0 Å². The van der Waals surface area contributed by atoms with Gasteiger partial charge in [0.25, 0.3) is 5.91 Å². The molecule has 2 aromatic rings. The molecule has 0 bridgehead atoms. The molecule has 8 heteroatoms. The van der Waals surface area contributed by atoms with E-state index in [0.717, 1.165) is 16.9 Å². The highest BCUT2D eigenvalue weighted by Crippen LogP contribution is 2.22. The fourth-order valence-corrected chi connectivity index (χ4v) is 2.77. The molecule has 3 rings (SSSR count). The predicted octanol–water partition coefficient (Wildman–Crippen LogP) is 0.801. The van der Waals surface area contributed by atoms with Crippen LogP contribution in [0.5, 0.6) is 0 Å². The monoisotopic (exact) mass is 311 g/mol. The summed E-state index contributed by atoms with van der Waals surface area (Å²) in [4.78, 5) is 23.0. The predicted molar refractivity (Wildman–Crippen MR) is 84.9 cm³/mol. The van der Waals surface area contributed by atoms with Gasteiger partial charge in [-0.15, -0.1) is 0 Å². The molecular weight excluding hydrogens is 294 g/mol. The third-order valence-electron chi connectivity index (χ3n) is 3.78. The van der Waals surface area contributed by atoms with Gasteiger partial charge in [-0.05, 0) is 18.6 Å². The van der Waals surface area contributed by atoms with Crippen molar-refractivity contribution in [3.63, 3.8) is 0 Å². The molecule has 0 unspecified atom stereocenters. The van der Waals surface area contributed by atoms with Gasteiger partial charge in [-0.1, -0.05) is 6.58 Å². The number of H-pyrrole nitrogens is 1. The molecular formula is C15H17N7O. The molecule has 0 aromatic carbocycles. The van der Waals surface area contributed by atoms with Crippen LogP contribution in [0.4, 0.5) is 5.82 Å². The normalized spacial score (nSPS) is 21.5. The van der Waals surface area contributed by atoms with Crippen LogP contribution in [0.1, 0.15) is 6.42 Å². The second kappa shape index (κ2) is 6.46. The number of nitrogens with one attached hydrogen (secondary N) is 3. The first-order valence-corrected chi connectivity index (χ1v) is 7.32. The standard InChI is InChI=1S/C15H17N7O/c1-2-13(23)21-22-7-10(6-16)5-11(8-22)20-15-12-3-4-17-14(12)18-9-19-15/h2-4,9-11H,1,5,7-8H2,(H,21,23)(H2,17,18,19,20)/t10-,11+/m0/s1. The molecule has 118 valence electrons. The minimum Gasteiger partial charge on any atom is -0.365 e. The smallest absolute Gasteiger partial charge is 0.257 e. The van der Waals surface area contributed by atoms with Gasteiger partial charge < -0.3 is 10.3 Å². The summed E-state index contributed by atoms with van der Waals surface area (Å²) in [5.41, 5.74) is 3.48. The minimum atomic E-state index is -0.280. The molecule has 1 aliphatic heterocycles. The first-order valence-electron chi connectivity index (χ1n) is 7.32. The molecule has 2 atom stereocenters. The Bertz CT molecular complexity index is 763. The number of amides is 1. The first kappa shape index (κ1) is 15.0. The largest absolute Gasteiger partial charge is 0.365 e. The zero-order valence-corrected chi connectivity index (χ0v) is 12.5. The number of aromatic amines is 1. The Hall–Kier alpha value is -2.92. The second-order valence-electron chi connectivity index (χ2n) is 5.45. The zero-order chi connectivity index (χ0) is 16.2. The van der Waals surface area contributed by atoms with E-state index in [1.807, 2.05) is 6.07 Å². The van der Waals surface area contributed by atoms with Crippen molar-refractivity contribution >= 4 is 22.8 Å². The maximum atomic E-state index is 11.5. The lowest BCUT2D eigenvalue weighted by atomic mass is 9.96. The van der Waals surface area contributed by atoms with Crippen molar-refractivity contribution in [2.24, 2.45) is 5.92 Å². The molecule has 3 N–H and O–H groups in total. The van der Waals surface area contributed by atoms with Gasteiger partial charge in [0.05, 0.1) is 17.4 Å². The number of hydrogen-bond donors (Lipinski definition) is 3. The average molecular weight is 311 g/mol. The molecule has 8 nitrogen and oxygen atoms in total. The van der Waals surface area contributed by atoms with Gasteiger partial charge in [-0.3, -0.25) is 10.2 Å². The Labute approximate surface area is 133 Å². The lowest BCUT2D eigenvalue weighted by Crippen LogP contribution is -2.53. The van der Waals surface area contributed by atoms with Crippen LogP contribution in [0.2, 0.25) is 0 Å². The van der Waals surface area contributed by atoms with Gasteiger partial charge >= 0.3 is 0 Å². The summed E-state index contributed by atoms with van der Waals surface area (Å²) in [6.07, 6.45) is 5.20. The Kier molecular flexibility index (Phi) is 4.21. The van der Waals surface area contributed by atoms with Crippen molar-refractivity contribution in [1.29, 1.82) is 5.26 Å². The Morgan fingerprint density at radius 2 is 2.39 bits per heavy atom. The summed E-state index contributed by atoms with van der Waals surface area (Å²) < 4.78 is 0. The topological polar surface area (TPSA) is 110 Å². The minimum absolute atomic E-state index is 0.00786. The number of fused-ring (bicyclic) bond motifs is 1. The number of nitrogens with zero attached hydrogens (tertiary/aromatic N) is 4. The van der Waals surface area contributed by atoms with Gasteiger partial charge in [0.1, 0.15) is 17.8 Å². The van der Waals surface area contributed by atoms with Gasteiger partial charge in [0, 0.05) is 25.3 Å². The van der Waals surface area contributed by atoms with E-state index in [4.69, 9.17) is 0 Å². The van der Waals surface area contributed by atoms with Crippen molar-refractivity contribution in [3.05, 3.63) is 31.2 Å². The van der Waals surface area contributed by atoms with E-state index in [-0.39, 0.29) is 17.9 Å². The number of nitriles is 1. The molecule has 0 saturated carbocycles. The highest BCUT2D eigenvalue weighted by atomic mass is 16.2. The number of hydrazine groups is 1. The molecule has 23 heavy (non-hydrogen) atoms. The van der Waals surface area contributed by atoms with Crippen LogP contribution in [0.25, 0.3) is 11.0 Å². The summed E-state index contributed by atoms with van der Waals surface area (Å²) in [5.74, 6) is 0.266. The summed E-state index contributed by atoms with van der Waals surface area (Å²) in [7, 11) is 0. The number of carbonyl (C=O) groups is 1. The summed E-state index contributed by atoms with van der Waals surface area (Å²) >= 11 is 0. The van der Waals surface area contributed by atoms with Gasteiger partial charge in [0.15, 0.2) is 0 Å². The molecule has 1 saturated heterocycles. The van der Waals surface area contributed by atoms with E-state index in [1.54, 1.807) is 11.2 Å². The van der Waals surface area contributed by atoms with Crippen LogP contribution in [-0.4, -0.2) is 45.0 Å². The van der Waals surface area contributed by atoms with E-state index in [2.05, 4.69) is 38.3 Å². The Balaban J connectivity index is 1.75. The fraction of sp³-hybridized carbons (Fsp3) is 0.333. The molecule has 1 fully saturated rings. The average Bonchev–Trinajstić information content (AvgIpc) is 3.04. The molecule has 2 aromatic heterocycles. The maximum Gasteiger partial charge on any atom is 0.257 e. The third-order valence-corrected chi connectivity index (χ3v) is 3.78. The Morgan fingerprint density at radius 1 is 1.52 bits per heavy atom. The summed E-state index contributed by atoms with van der Waals surface area (Å²) in [6, 6.07) is 4.17. The highest BCUT2D eigenvalue weighted by molar-refractivity contribution is 5.87. The van der Waals surface area contributed by atoms with Crippen LogP contribution >= 0.6 is 0 Å². The molecule has 1 amide bonds. The van der Waals surface area contributed by atoms with E-state index < -0.39 is 0 Å². The molecule has 0 aliphatic carbocycles. The van der Waals surface area contributed by atoms with Gasteiger partial charge in [-0.25, -0.2) is 15.0 Å². The lowest BCUT2D eigenvalue weighted by Gasteiger charge is -2.35. The second-order valence-corrected chi connectivity index (χ2v) is 5.45. The van der Waals surface area contributed by atoms with Crippen molar-refractivity contribution in [2.75, 3.05) is 18.4 Å². The van der Waals surface area contributed by atoms with Gasteiger partial charge in [-0.2, -0.15) is 5.26 Å². The van der Waals surface area contributed by atoms with Crippen LogP contribution in [0, 0.1) is 17.2 Å². The summed E-state index contributed by atoms with van der Waals surface area (Å²) in [5, 5.41) is 15.3. The van der Waals surface area contributed by atoms with Crippen molar-refractivity contribution < 1.29 is 4.79 Å². The number of carbonyl (C=O) groups excluding carboxylic acids is 1. The first-order chi connectivity index (χ1) is 11.2. The SMILES string of the molecule is C=CC(=O)NN1C[C@H](C#N)C[C@@H](Nc2ncnc3[nH]ccc23)C1. The van der Waals surface area contributed by atoms with Crippen molar-refractivity contribution in [2.45, 2.75) is 12.5 Å². The van der Waals surface area contributed by atoms with Crippen molar-refractivity contribution in [3.8, 4) is 6.07 Å². The number of anilines is 1. The summed E-state index contributed by atoms with van der Waals surface area (Å²) in [6.45, 7) is 4.52. The molecule has 1 aliphatic rings. The number of rotatable bonds is 4. The number of hydrogen-bond acceptors (Lipinski definition) is 6. The van der Waals surface area contributed by atoms with Crippen LogP contribution in [-0.2, 0) is 4.79 Å². The van der Waals surface area contributed by atoms with E-state index >= 15 is 0 Å². The molecule has 0 spiro atoms. The van der Waals surface area contributed by atoms with Crippen LogP contribution in [0.15, 0.2) is 31.2 Å². The quantitative estimate of drug-likeness (QED) is 0.721.